The molecule has 0 saturated carbocycles. The number of hydrogen-bond acceptors (Lipinski definition) is 4. The quantitative estimate of drug-likeness (QED) is 0.770. The first-order valence-corrected chi connectivity index (χ1v) is 8.79. The number of hydrogen-bond donors (Lipinski definition) is 0. The van der Waals surface area contributed by atoms with Gasteiger partial charge in [-0.3, -0.25) is 4.79 Å². The van der Waals surface area contributed by atoms with Crippen molar-refractivity contribution in [3.8, 4) is 0 Å². The van der Waals surface area contributed by atoms with Gasteiger partial charge < -0.3 is 9.47 Å². The zero-order valence-corrected chi connectivity index (χ0v) is 14.8. The predicted molar refractivity (Wildman–Crippen MR) is 94.0 cm³/mol. The van der Waals surface area contributed by atoms with Gasteiger partial charge in [-0.1, -0.05) is 43.3 Å². The number of cyclic esters (lactones) is 1. The molecule has 2 fully saturated rings. The van der Waals surface area contributed by atoms with Crippen molar-refractivity contribution in [2.75, 3.05) is 6.61 Å². The third kappa shape index (κ3) is 3.61. The van der Waals surface area contributed by atoms with Crippen LogP contribution < -0.4 is 0 Å². The lowest BCUT2D eigenvalue weighted by Crippen LogP contribution is -2.46. The third-order valence-electron chi connectivity index (χ3n) is 5.24. The molecule has 2 aliphatic heterocycles. The van der Waals surface area contributed by atoms with E-state index in [0.717, 1.165) is 18.4 Å². The van der Waals surface area contributed by atoms with Gasteiger partial charge in [-0.05, 0) is 31.7 Å². The topological polar surface area (TPSA) is 55.8 Å². The number of rotatable bonds is 5. The van der Waals surface area contributed by atoms with Gasteiger partial charge in [-0.2, -0.15) is 0 Å². The van der Waals surface area contributed by atoms with Crippen molar-refractivity contribution in [1.29, 1.82) is 0 Å². The fraction of sp³-hybridized carbons (Fsp3) is 0.500. The summed E-state index contributed by atoms with van der Waals surface area (Å²) >= 11 is 0. The molecule has 0 radical (unpaired) electrons. The first-order valence-electron chi connectivity index (χ1n) is 8.79. The van der Waals surface area contributed by atoms with Crippen LogP contribution in [0.1, 0.15) is 32.3 Å². The molecule has 2 aliphatic rings. The van der Waals surface area contributed by atoms with Crippen molar-refractivity contribution >= 4 is 12.0 Å². The maximum Gasteiger partial charge on any atom is 0.416 e. The van der Waals surface area contributed by atoms with E-state index in [1.54, 1.807) is 6.08 Å². The highest BCUT2D eigenvalue weighted by atomic mass is 16.6. The van der Waals surface area contributed by atoms with Crippen molar-refractivity contribution in [2.24, 2.45) is 5.92 Å². The minimum atomic E-state index is -0.553. The molecular formula is C20H25NO4. The van der Waals surface area contributed by atoms with Crippen molar-refractivity contribution in [3.05, 3.63) is 48.6 Å². The highest BCUT2D eigenvalue weighted by Gasteiger charge is 2.44. The molecule has 3 rings (SSSR count). The van der Waals surface area contributed by atoms with E-state index in [4.69, 9.17) is 9.47 Å². The first-order chi connectivity index (χ1) is 11.9. The summed E-state index contributed by atoms with van der Waals surface area (Å²) in [5, 5.41) is 0. The van der Waals surface area contributed by atoms with E-state index < -0.39 is 17.6 Å². The summed E-state index contributed by atoms with van der Waals surface area (Å²) in [5.74, 6) is -0.618. The fourth-order valence-corrected chi connectivity index (χ4v) is 3.54. The van der Waals surface area contributed by atoms with Crippen LogP contribution in [0, 0.1) is 5.92 Å². The second-order valence-corrected chi connectivity index (χ2v) is 7.13. The van der Waals surface area contributed by atoms with Crippen LogP contribution >= 0.6 is 0 Å². The summed E-state index contributed by atoms with van der Waals surface area (Å²) in [6.45, 7) is 7.84. The van der Waals surface area contributed by atoms with E-state index in [-0.39, 0.29) is 24.7 Å². The summed E-state index contributed by atoms with van der Waals surface area (Å²) in [4.78, 5) is 26.4. The Bertz CT molecular complexity index is 659. The second kappa shape index (κ2) is 7.00. The smallest absolute Gasteiger partial charge is 0.416 e. The van der Waals surface area contributed by atoms with Crippen LogP contribution in [0.15, 0.2) is 43.0 Å². The van der Waals surface area contributed by atoms with Crippen LogP contribution in [0.3, 0.4) is 0 Å². The highest BCUT2D eigenvalue weighted by molar-refractivity contribution is 5.95. The zero-order valence-electron chi connectivity index (χ0n) is 14.8. The van der Waals surface area contributed by atoms with Crippen molar-refractivity contribution in [1.82, 2.24) is 4.90 Å². The van der Waals surface area contributed by atoms with Crippen molar-refractivity contribution < 1.29 is 19.1 Å². The third-order valence-corrected chi connectivity index (χ3v) is 5.24. The van der Waals surface area contributed by atoms with Crippen molar-refractivity contribution in [2.45, 2.75) is 50.9 Å². The maximum absolute atomic E-state index is 13.0. The summed E-state index contributed by atoms with van der Waals surface area (Å²) in [5.41, 5.74) is 0.682. The number of imide groups is 1. The van der Waals surface area contributed by atoms with Gasteiger partial charge in [0.1, 0.15) is 6.61 Å². The van der Waals surface area contributed by atoms with Gasteiger partial charge in [0.25, 0.3) is 0 Å². The summed E-state index contributed by atoms with van der Waals surface area (Å²) in [6, 6.07) is 9.56. The summed E-state index contributed by atoms with van der Waals surface area (Å²) in [7, 11) is 0. The minimum Gasteiger partial charge on any atom is -0.447 e. The number of nitrogens with zero attached hydrogens (tertiary/aromatic N) is 1. The Labute approximate surface area is 148 Å². The monoisotopic (exact) mass is 343 g/mol. The average molecular weight is 343 g/mol. The zero-order chi connectivity index (χ0) is 18.0. The van der Waals surface area contributed by atoms with Gasteiger partial charge in [0.05, 0.1) is 23.7 Å². The SMILES string of the molecule is C=C[C@@]1(C)CC[C@@H]([C@H](C)C(=O)N2C(=O)OC[C@@H]2Cc2ccccc2)O1. The molecule has 0 unspecified atom stereocenters. The van der Waals surface area contributed by atoms with Crippen LogP contribution in [-0.4, -0.2) is 41.3 Å². The molecule has 0 N–H and O–H groups in total. The van der Waals surface area contributed by atoms with E-state index in [0.29, 0.717) is 6.42 Å². The Hall–Kier alpha value is -2.14. The van der Waals surface area contributed by atoms with Gasteiger partial charge in [0.15, 0.2) is 0 Å². The largest absolute Gasteiger partial charge is 0.447 e. The lowest BCUT2D eigenvalue weighted by atomic mass is 9.97. The molecule has 0 aromatic heterocycles. The molecule has 4 atom stereocenters. The van der Waals surface area contributed by atoms with E-state index >= 15 is 0 Å². The molecule has 0 spiro atoms. The van der Waals surface area contributed by atoms with Gasteiger partial charge in [-0.15, -0.1) is 6.58 Å². The Morgan fingerprint density at radius 3 is 2.80 bits per heavy atom. The van der Waals surface area contributed by atoms with Gasteiger partial charge in [0.2, 0.25) is 5.91 Å². The van der Waals surface area contributed by atoms with Crippen LogP contribution in [0.25, 0.3) is 0 Å². The normalized spacial score (nSPS) is 30.2. The summed E-state index contributed by atoms with van der Waals surface area (Å²) < 4.78 is 11.2. The molecule has 2 saturated heterocycles. The molecule has 0 aliphatic carbocycles. The molecule has 134 valence electrons. The number of benzene rings is 1. The molecule has 5 nitrogen and oxygen atoms in total. The first kappa shape index (κ1) is 17.7. The van der Waals surface area contributed by atoms with Crippen LogP contribution in [0.5, 0.6) is 0 Å². The number of ether oxygens (including phenoxy) is 2. The Kier molecular flexibility index (Phi) is 4.95. The Balaban J connectivity index is 1.70. The maximum atomic E-state index is 13.0. The Morgan fingerprint density at radius 2 is 2.16 bits per heavy atom. The molecule has 5 heteroatoms. The molecule has 0 bridgehead atoms. The minimum absolute atomic E-state index is 0.207. The molecule has 2 amide bonds. The lowest BCUT2D eigenvalue weighted by Gasteiger charge is -2.27. The second-order valence-electron chi connectivity index (χ2n) is 7.13. The standard InChI is InChI=1S/C20H25NO4/c1-4-20(3)11-10-17(25-20)14(2)18(22)21-16(13-24-19(21)23)12-15-8-6-5-7-9-15/h4-9,14,16-17H,1,10-13H2,2-3H3/t14-,16-,17-,20-/m0/s1. The van der Waals surface area contributed by atoms with Crippen LogP contribution in [0.2, 0.25) is 0 Å². The number of carbonyl (C=O) groups is 2. The van der Waals surface area contributed by atoms with Gasteiger partial charge in [0, 0.05) is 0 Å². The van der Waals surface area contributed by atoms with Gasteiger partial charge in [-0.25, -0.2) is 9.69 Å². The molecule has 25 heavy (non-hydrogen) atoms. The van der Waals surface area contributed by atoms with E-state index in [9.17, 15) is 9.59 Å². The van der Waals surface area contributed by atoms with Crippen LogP contribution in [0.4, 0.5) is 4.79 Å². The van der Waals surface area contributed by atoms with Crippen LogP contribution in [-0.2, 0) is 20.7 Å². The molecular weight excluding hydrogens is 318 g/mol. The fourth-order valence-electron chi connectivity index (χ4n) is 3.54. The average Bonchev–Trinajstić information content (AvgIpc) is 3.18. The Morgan fingerprint density at radius 1 is 1.44 bits per heavy atom. The van der Waals surface area contributed by atoms with Crippen molar-refractivity contribution in [3.63, 3.8) is 0 Å². The number of carbonyl (C=O) groups excluding carboxylic acids is 2. The van der Waals surface area contributed by atoms with E-state index in [1.807, 2.05) is 44.2 Å². The molecule has 1 aromatic rings. The van der Waals surface area contributed by atoms with E-state index in [2.05, 4.69) is 6.58 Å². The molecule has 2 heterocycles. The van der Waals surface area contributed by atoms with E-state index in [1.165, 1.54) is 4.90 Å². The van der Waals surface area contributed by atoms with Gasteiger partial charge >= 0.3 is 6.09 Å². The number of amides is 2. The lowest BCUT2D eigenvalue weighted by molar-refractivity contribution is -0.138. The summed E-state index contributed by atoms with van der Waals surface area (Å²) in [6.07, 6.45) is 3.23. The predicted octanol–water partition coefficient (Wildman–Crippen LogP) is 3.34. The molecule has 1 aromatic carbocycles. The highest BCUT2D eigenvalue weighted by Crippen LogP contribution is 2.35.